The first kappa shape index (κ1) is 21.5. The van der Waals surface area contributed by atoms with E-state index in [1.165, 1.54) is 12.4 Å². The molecular formula is C19H31F2N7O. The summed E-state index contributed by atoms with van der Waals surface area (Å²) in [6, 6.07) is -0.117. The fourth-order valence-electron chi connectivity index (χ4n) is 3.89. The number of likely N-dealkylation sites (tertiary alicyclic amines) is 1. The predicted octanol–water partition coefficient (Wildman–Crippen LogP) is 1.37. The molecule has 1 amide bonds. The van der Waals surface area contributed by atoms with Gasteiger partial charge in [-0.1, -0.05) is 0 Å². The van der Waals surface area contributed by atoms with Gasteiger partial charge in [0.2, 0.25) is 5.91 Å². The molecule has 2 saturated heterocycles. The molecule has 1 unspecified atom stereocenters. The molecule has 8 nitrogen and oxygen atoms in total. The molecular weight excluding hydrogens is 380 g/mol. The van der Waals surface area contributed by atoms with E-state index in [1.807, 2.05) is 18.7 Å². The molecule has 1 N–H and O–H groups in total. The number of piperazine rings is 1. The van der Waals surface area contributed by atoms with Gasteiger partial charge in [0.05, 0.1) is 6.04 Å². The molecule has 2 aliphatic rings. The maximum atomic E-state index is 13.0. The smallest absolute Gasteiger partial charge is 0.319 e. The molecule has 10 heteroatoms. The summed E-state index contributed by atoms with van der Waals surface area (Å²) in [5.41, 5.74) is 0. The van der Waals surface area contributed by atoms with Crippen LogP contribution in [0.3, 0.4) is 0 Å². The minimum absolute atomic E-state index is 0.0870. The van der Waals surface area contributed by atoms with Gasteiger partial charge in [-0.15, -0.1) is 0 Å². The number of amides is 1. The summed E-state index contributed by atoms with van der Waals surface area (Å²) in [6.45, 7) is 6.83. The van der Waals surface area contributed by atoms with E-state index < -0.39 is 6.55 Å². The highest BCUT2D eigenvalue weighted by atomic mass is 19.3. The van der Waals surface area contributed by atoms with Gasteiger partial charge < -0.3 is 15.1 Å². The Balaban J connectivity index is 1.57. The average Bonchev–Trinajstić information content (AvgIpc) is 3.42. The van der Waals surface area contributed by atoms with Crippen molar-refractivity contribution >= 4 is 11.9 Å². The number of aromatic nitrogens is 2. The number of alkyl halides is 2. The van der Waals surface area contributed by atoms with E-state index in [-0.39, 0.29) is 24.3 Å². The van der Waals surface area contributed by atoms with Crippen molar-refractivity contribution in [2.75, 3.05) is 45.8 Å². The lowest BCUT2D eigenvalue weighted by atomic mass is 10.2. The minimum atomic E-state index is -2.62. The van der Waals surface area contributed by atoms with Crippen molar-refractivity contribution in [3.05, 3.63) is 18.2 Å². The zero-order valence-electron chi connectivity index (χ0n) is 17.2. The second-order valence-electron chi connectivity index (χ2n) is 7.43. The standard InChI is InChI=1S/C19H31F2N7O/c1-3-22-19(24-14-16-23-6-9-28(16)18(20)21)27-12-10-25(11-13-27)15(2)17(29)26-7-4-5-8-26/h6,9,15,18H,3-5,7-8,10-14H2,1-2H3,(H,22,24). The van der Waals surface area contributed by atoms with E-state index in [0.29, 0.717) is 12.5 Å². The molecule has 1 atom stereocenters. The molecule has 0 aliphatic carbocycles. The number of imidazole rings is 1. The third kappa shape index (κ3) is 5.23. The first-order chi connectivity index (χ1) is 14.0. The number of aliphatic imine (C=N–C) groups is 1. The van der Waals surface area contributed by atoms with E-state index in [1.54, 1.807) is 0 Å². The van der Waals surface area contributed by atoms with Gasteiger partial charge in [-0.2, -0.15) is 8.78 Å². The summed E-state index contributed by atoms with van der Waals surface area (Å²) in [5.74, 6) is 1.14. The Hall–Kier alpha value is -2.23. The topological polar surface area (TPSA) is 69.0 Å². The average molecular weight is 412 g/mol. The van der Waals surface area contributed by atoms with Crippen LogP contribution in [-0.2, 0) is 11.3 Å². The number of guanidine groups is 1. The number of carbonyl (C=O) groups is 1. The van der Waals surface area contributed by atoms with Gasteiger partial charge in [-0.3, -0.25) is 14.3 Å². The van der Waals surface area contributed by atoms with Crippen molar-refractivity contribution in [1.29, 1.82) is 0 Å². The molecule has 1 aromatic rings. The van der Waals surface area contributed by atoms with Crippen molar-refractivity contribution in [2.24, 2.45) is 4.99 Å². The SMILES string of the molecule is CCNC(=NCc1nccn1C(F)F)N1CCN(C(C)C(=O)N2CCCC2)CC1. The van der Waals surface area contributed by atoms with Gasteiger partial charge in [0.1, 0.15) is 12.4 Å². The summed E-state index contributed by atoms with van der Waals surface area (Å²) in [7, 11) is 0. The van der Waals surface area contributed by atoms with Crippen LogP contribution >= 0.6 is 0 Å². The zero-order valence-corrected chi connectivity index (χ0v) is 17.2. The molecule has 29 heavy (non-hydrogen) atoms. The molecule has 0 aromatic carbocycles. The zero-order chi connectivity index (χ0) is 20.8. The Morgan fingerprint density at radius 1 is 1.17 bits per heavy atom. The quantitative estimate of drug-likeness (QED) is 0.566. The van der Waals surface area contributed by atoms with Crippen molar-refractivity contribution < 1.29 is 13.6 Å². The Morgan fingerprint density at radius 2 is 1.86 bits per heavy atom. The van der Waals surface area contributed by atoms with E-state index >= 15 is 0 Å². The summed E-state index contributed by atoms with van der Waals surface area (Å²) < 4.78 is 26.8. The highest BCUT2D eigenvalue weighted by Gasteiger charge is 2.30. The Bertz CT molecular complexity index is 694. The van der Waals surface area contributed by atoms with Gasteiger partial charge in [0.25, 0.3) is 0 Å². The van der Waals surface area contributed by atoms with Crippen LogP contribution in [0.5, 0.6) is 0 Å². The van der Waals surface area contributed by atoms with Gasteiger partial charge in [-0.05, 0) is 26.7 Å². The van der Waals surface area contributed by atoms with Crippen LogP contribution in [0, 0.1) is 0 Å². The second-order valence-corrected chi connectivity index (χ2v) is 7.43. The predicted molar refractivity (Wildman–Crippen MR) is 107 cm³/mol. The van der Waals surface area contributed by atoms with Gasteiger partial charge in [0.15, 0.2) is 5.96 Å². The molecule has 0 radical (unpaired) electrons. The fourth-order valence-corrected chi connectivity index (χ4v) is 3.89. The van der Waals surface area contributed by atoms with Crippen LogP contribution in [0.25, 0.3) is 0 Å². The monoisotopic (exact) mass is 411 g/mol. The Labute approximate surface area is 170 Å². The molecule has 3 rings (SSSR count). The summed E-state index contributed by atoms with van der Waals surface area (Å²) in [4.78, 5) is 27.4. The molecule has 2 aliphatic heterocycles. The highest BCUT2D eigenvalue weighted by molar-refractivity contribution is 5.82. The number of nitrogens with zero attached hydrogens (tertiary/aromatic N) is 6. The lowest BCUT2D eigenvalue weighted by Gasteiger charge is -2.39. The summed E-state index contributed by atoms with van der Waals surface area (Å²) in [5, 5.41) is 3.23. The van der Waals surface area contributed by atoms with Crippen LogP contribution in [0.15, 0.2) is 17.4 Å². The van der Waals surface area contributed by atoms with Crippen molar-refractivity contribution in [3.8, 4) is 0 Å². The lowest BCUT2D eigenvalue weighted by Crippen LogP contribution is -2.57. The minimum Gasteiger partial charge on any atom is -0.357 e. The Morgan fingerprint density at radius 3 is 2.48 bits per heavy atom. The highest BCUT2D eigenvalue weighted by Crippen LogP contribution is 2.15. The second kappa shape index (κ2) is 10.00. The first-order valence-corrected chi connectivity index (χ1v) is 10.4. The number of hydrogen-bond acceptors (Lipinski definition) is 4. The Kier molecular flexibility index (Phi) is 7.40. The molecule has 1 aromatic heterocycles. The number of hydrogen-bond donors (Lipinski definition) is 1. The first-order valence-electron chi connectivity index (χ1n) is 10.4. The number of nitrogens with one attached hydrogen (secondary N) is 1. The maximum absolute atomic E-state index is 13.0. The molecule has 0 spiro atoms. The molecule has 162 valence electrons. The maximum Gasteiger partial charge on any atom is 0.319 e. The number of carbonyl (C=O) groups excluding carboxylic acids is 1. The van der Waals surface area contributed by atoms with Gasteiger partial charge in [-0.25, -0.2) is 9.98 Å². The van der Waals surface area contributed by atoms with E-state index in [0.717, 1.165) is 56.7 Å². The number of halogens is 2. The van der Waals surface area contributed by atoms with Crippen LogP contribution < -0.4 is 5.32 Å². The van der Waals surface area contributed by atoms with Crippen LogP contribution in [0.2, 0.25) is 0 Å². The fraction of sp³-hybridized carbons (Fsp3) is 0.737. The van der Waals surface area contributed by atoms with Crippen LogP contribution in [0.4, 0.5) is 8.78 Å². The number of rotatable bonds is 6. The molecule has 2 fully saturated rings. The van der Waals surface area contributed by atoms with Crippen LogP contribution in [-0.4, -0.2) is 88.0 Å². The van der Waals surface area contributed by atoms with E-state index in [9.17, 15) is 13.6 Å². The van der Waals surface area contributed by atoms with E-state index in [4.69, 9.17) is 0 Å². The van der Waals surface area contributed by atoms with Crippen molar-refractivity contribution in [1.82, 2.24) is 29.6 Å². The largest absolute Gasteiger partial charge is 0.357 e. The summed E-state index contributed by atoms with van der Waals surface area (Å²) in [6.07, 6.45) is 4.82. The van der Waals surface area contributed by atoms with Gasteiger partial charge >= 0.3 is 6.55 Å². The lowest BCUT2D eigenvalue weighted by molar-refractivity contribution is -0.135. The third-order valence-electron chi connectivity index (χ3n) is 5.60. The van der Waals surface area contributed by atoms with Crippen molar-refractivity contribution in [3.63, 3.8) is 0 Å². The normalized spacial score (nSPS) is 19.8. The molecule has 0 saturated carbocycles. The molecule has 0 bridgehead atoms. The van der Waals surface area contributed by atoms with Crippen molar-refractivity contribution in [2.45, 2.75) is 45.8 Å². The third-order valence-corrected chi connectivity index (χ3v) is 5.60. The van der Waals surface area contributed by atoms with Crippen LogP contribution in [0.1, 0.15) is 39.1 Å². The summed E-state index contributed by atoms with van der Waals surface area (Å²) >= 11 is 0. The molecule has 3 heterocycles. The van der Waals surface area contributed by atoms with Gasteiger partial charge in [0, 0.05) is 58.2 Å². The van der Waals surface area contributed by atoms with E-state index in [2.05, 4.69) is 25.1 Å².